The summed E-state index contributed by atoms with van der Waals surface area (Å²) < 4.78 is 6.76. The highest BCUT2D eigenvalue weighted by Crippen LogP contribution is 2.22. The molecule has 0 unspecified atom stereocenters. The maximum atomic E-state index is 11.9. The predicted octanol–water partition coefficient (Wildman–Crippen LogP) is 2.91. The summed E-state index contributed by atoms with van der Waals surface area (Å²) in [5.74, 6) is -0.352. The minimum absolute atomic E-state index is 0.347. The number of para-hydroxylation sites is 1. The first-order valence-corrected chi connectivity index (χ1v) is 6.78. The highest BCUT2D eigenvalue weighted by Gasteiger charge is 2.17. The standard InChI is InChI=1S/C16H15N3O2/c1-3-21-16(20)13-10-18-19(11(13)2)14-8-4-6-12-7-5-9-17-15(12)14/h4-10H,3H2,1-2H3. The van der Waals surface area contributed by atoms with Gasteiger partial charge >= 0.3 is 5.97 Å². The van der Waals surface area contributed by atoms with E-state index in [-0.39, 0.29) is 5.97 Å². The van der Waals surface area contributed by atoms with Gasteiger partial charge < -0.3 is 4.74 Å². The predicted molar refractivity (Wildman–Crippen MR) is 79.6 cm³/mol. The third-order valence-corrected chi connectivity index (χ3v) is 3.34. The maximum absolute atomic E-state index is 11.9. The molecule has 5 nitrogen and oxygen atoms in total. The fourth-order valence-electron chi connectivity index (χ4n) is 2.32. The largest absolute Gasteiger partial charge is 0.462 e. The number of carbonyl (C=O) groups excluding carboxylic acids is 1. The van der Waals surface area contributed by atoms with Crippen LogP contribution in [0.3, 0.4) is 0 Å². The van der Waals surface area contributed by atoms with Crippen molar-refractivity contribution in [2.24, 2.45) is 0 Å². The Morgan fingerprint density at radius 2 is 2.10 bits per heavy atom. The molecule has 0 aliphatic carbocycles. The number of aromatic nitrogens is 3. The molecule has 2 heterocycles. The van der Waals surface area contributed by atoms with Crippen molar-refractivity contribution in [1.82, 2.24) is 14.8 Å². The van der Waals surface area contributed by atoms with E-state index in [4.69, 9.17) is 4.74 Å². The van der Waals surface area contributed by atoms with E-state index in [2.05, 4.69) is 10.1 Å². The fraction of sp³-hybridized carbons (Fsp3) is 0.188. The molecule has 2 aromatic heterocycles. The van der Waals surface area contributed by atoms with E-state index in [0.717, 1.165) is 22.3 Å². The van der Waals surface area contributed by atoms with Crippen molar-refractivity contribution in [3.8, 4) is 5.69 Å². The molecule has 0 aliphatic rings. The first kappa shape index (κ1) is 13.3. The first-order chi connectivity index (χ1) is 10.2. The summed E-state index contributed by atoms with van der Waals surface area (Å²) in [7, 11) is 0. The summed E-state index contributed by atoms with van der Waals surface area (Å²) in [5, 5.41) is 5.35. The van der Waals surface area contributed by atoms with Crippen LogP contribution in [0.2, 0.25) is 0 Å². The molecule has 0 saturated carbocycles. The van der Waals surface area contributed by atoms with Gasteiger partial charge in [-0.1, -0.05) is 18.2 Å². The van der Waals surface area contributed by atoms with E-state index >= 15 is 0 Å². The zero-order valence-corrected chi connectivity index (χ0v) is 11.9. The number of hydrogen-bond acceptors (Lipinski definition) is 4. The van der Waals surface area contributed by atoms with Crippen molar-refractivity contribution < 1.29 is 9.53 Å². The normalized spacial score (nSPS) is 10.8. The van der Waals surface area contributed by atoms with Gasteiger partial charge in [-0.3, -0.25) is 4.98 Å². The van der Waals surface area contributed by atoms with Crippen LogP contribution in [-0.4, -0.2) is 27.3 Å². The van der Waals surface area contributed by atoms with E-state index in [1.165, 1.54) is 6.20 Å². The van der Waals surface area contributed by atoms with Crippen LogP contribution >= 0.6 is 0 Å². The van der Waals surface area contributed by atoms with E-state index in [1.54, 1.807) is 17.8 Å². The summed E-state index contributed by atoms with van der Waals surface area (Å²) in [6.07, 6.45) is 3.28. The van der Waals surface area contributed by atoms with E-state index in [0.29, 0.717) is 12.2 Å². The second-order valence-corrected chi connectivity index (χ2v) is 4.63. The molecule has 3 aromatic rings. The van der Waals surface area contributed by atoms with Crippen LogP contribution in [0.15, 0.2) is 42.7 Å². The number of hydrogen-bond donors (Lipinski definition) is 0. The van der Waals surface area contributed by atoms with Gasteiger partial charge in [-0.05, 0) is 26.0 Å². The quantitative estimate of drug-likeness (QED) is 0.693. The molecular weight excluding hydrogens is 266 g/mol. The van der Waals surface area contributed by atoms with Crippen molar-refractivity contribution >= 4 is 16.9 Å². The van der Waals surface area contributed by atoms with Crippen molar-refractivity contribution in [3.63, 3.8) is 0 Å². The van der Waals surface area contributed by atoms with Crippen molar-refractivity contribution in [2.75, 3.05) is 6.61 Å². The van der Waals surface area contributed by atoms with Crippen LogP contribution in [0.25, 0.3) is 16.6 Å². The molecule has 0 fully saturated rings. The molecule has 0 N–H and O–H groups in total. The van der Waals surface area contributed by atoms with Gasteiger partial charge in [0.05, 0.1) is 29.7 Å². The topological polar surface area (TPSA) is 57.0 Å². The summed E-state index contributed by atoms with van der Waals surface area (Å²) >= 11 is 0. The molecule has 21 heavy (non-hydrogen) atoms. The van der Waals surface area contributed by atoms with Gasteiger partial charge in [-0.2, -0.15) is 5.10 Å². The highest BCUT2D eigenvalue weighted by atomic mass is 16.5. The van der Waals surface area contributed by atoms with Gasteiger partial charge in [-0.15, -0.1) is 0 Å². The average Bonchev–Trinajstić information content (AvgIpc) is 2.88. The van der Waals surface area contributed by atoms with Gasteiger partial charge in [0.15, 0.2) is 0 Å². The van der Waals surface area contributed by atoms with E-state index in [1.807, 2.05) is 37.3 Å². The molecule has 0 saturated heterocycles. The Kier molecular flexibility index (Phi) is 3.39. The molecule has 0 aliphatic heterocycles. The van der Waals surface area contributed by atoms with Crippen molar-refractivity contribution in [3.05, 3.63) is 54.0 Å². The lowest BCUT2D eigenvalue weighted by molar-refractivity contribution is 0.0525. The highest BCUT2D eigenvalue weighted by molar-refractivity contribution is 5.91. The number of rotatable bonds is 3. The Hall–Kier alpha value is -2.69. The fourth-order valence-corrected chi connectivity index (χ4v) is 2.32. The Bertz CT molecular complexity index is 803. The molecule has 0 atom stereocenters. The number of fused-ring (bicyclic) bond motifs is 1. The molecule has 3 rings (SSSR count). The smallest absolute Gasteiger partial charge is 0.341 e. The number of ether oxygens (including phenoxy) is 1. The van der Waals surface area contributed by atoms with Crippen LogP contribution in [0.5, 0.6) is 0 Å². The number of benzene rings is 1. The van der Waals surface area contributed by atoms with Crippen LogP contribution in [0, 0.1) is 6.92 Å². The lowest BCUT2D eigenvalue weighted by Gasteiger charge is -2.08. The molecule has 0 spiro atoms. The minimum Gasteiger partial charge on any atom is -0.462 e. The Morgan fingerprint density at radius 1 is 1.29 bits per heavy atom. The second-order valence-electron chi connectivity index (χ2n) is 4.63. The lowest BCUT2D eigenvalue weighted by Crippen LogP contribution is -2.07. The van der Waals surface area contributed by atoms with Crippen molar-refractivity contribution in [1.29, 1.82) is 0 Å². The molecule has 0 radical (unpaired) electrons. The summed E-state index contributed by atoms with van der Waals surface area (Å²) in [6, 6.07) is 9.77. The number of nitrogens with zero attached hydrogens (tertiary/aromatic N) is 3. The Morgan fingerprint density at radius 3 is 2.90 bits per heavy atom. The third-order valence-electron chi connectivity index (χ3n) is 3.34. The number of carbonyl (C=O) groups is 1. The molecule has 0 amide bonds. The van der Waals surface area contributed by atoms with Gasteiger partial charge in [0.1, 0.15) is 5.56 Å². The summed E-state index contributed by atoms with van der Waals surface area (Å²) in [4.78, 5) is 16.3. The second kappa shape index (κ2) is 5.36. The van der Waals surface area contributed by atoms with Gasteiger partial charge in [-0.25, -0.2) is 9.48 Å². The molecular formula is C16H15N3O2. The average molecular weight is 281 g/mol. The van der Waals surface area contributed by atoms with Crippen LogP contribution in [-0.2, 0) is 4.74 Å². The first-order valence-electron chi connectivity index (χ1n) is 6.78. The summed E-state index contributed by atoms with van der Waals surface area (Å²) in [6.45, 7) is 3.98. The third kappa shape index (κ3) is 2.27. The van der Waals surface area contributed by atoms with Crippen molar-refractivity contribution in [2.45, 2.75) is 13.8 Å². The molecule has 5 heteroatoms. The molecule has 0 bridgehead atoms. The van der Waals surface area contributed by atoms with Crippen LogP contribution < -0.4 is 0 Å². The van der Waals surface area contributed by atoms with Gasteiger partial charge in [0, 0.05) is 11.6 Å². The molecule has 106 valence electrons. The lowest BCUT2D eigenvalue weighted by atomic mass is 10.2. The number of pyridine rings is 1. The number of esters is 1. The Balaban J connectivity index is 2.14. The zero-order valence-electron chi connectivity index (χ0n) is 11.9. The maximum Gasteiger partial charge on any atom is 0.341 e. The summed E-state index contributed by atoms with van der Waals surface area (Å²) in [5.41, 5.74) is 2.92. The molecule has 1 aromatic carbocycles. The van der Waals surface area contributed by atoms with Gasteiger partial charge in [0.25, 0.3) is 0 Å². The minimum atomic E-state index is -0.352. The van der Waals surface area contributed by atoms with Crippen LogP contribution in [0.4, 0.5) is 0 Å². The van der Waals surface area contributed by atoms with E-state index in [9.17, 15) is 4.79 Å². The SMILES string of the molecule is CCOC(=O)c1cnn(-c2cccc3cccnc23)c1C. The zero-order chi connectivity index (χ0) is 14.8. The Labute approximate surface area is 122 Å². The van der Waals surface area contributed by atoms with Gasteiger partial charge in [0.2, 0.25) is 0 Å². The van der Waals surface area contributed by atoms with E-state index < -0.39 is 0 Å². The monoisotopic (exact) mass is 281 g/mol. The van der Waals surface area contributed by atoms with Crippen LogP contribution in [0.1, 0.15) is 23.0 Å².